The Morgan fingerprint density at radius 1 is 1.32 bits per heavy atom. The molecule has 0 unspecified atom stereocenters. The van der Waals surface area contributed by atoms with Gasteiger partial charge in [0.05, 0.1) is 17.9 Å². The maximum atomic E-state index is 12.1. The van der Waals surface area contributed by atoms with Crippen LogP contribution in [-0.2, 0) is 9.53 Å². The summed E-state index contributed by atoms with van der Waals surface area (Å²) >= 11 is 0. The number of rotatable bonds is 4. The van der Waals surface area contributed by atoms with E-state index in [2.05, 4.69) is 19.8 Å². The van der Waals surface area contributed by atoms with E-state index in [1.807, 2.05) is 47.9 Å². The molecule has 1 fully saturated rings. The molecule has 1 aromatic rings. The van der Waals surface area contributed by atoms with Crippen molar-refractivity contribution in [3.63, 3.8) is 0 Å². The van der Waals surface area contributed by atoms with Crippen molar-refractivity contribution < 1.29 is 9.53 Å². The third-order valence-corrected chi connectivity index (χ3v) is 4.47. The molecule has 0 spiro atoms. The molecule has 1 aliphatic rings. The predicted molar refractivity (Wildman–Crippen MR) is 99.8 cm³/mol. The molecule has 0 aliphatic carbocycles. The van der Waals surface area contributed by atoms with Gasteiger partial charge in [-0.3, -0.25) is 14.7 Å². The van der Waals surface area contributed by atoms with E-state index in [1.165, 1.54) is 0 Å². The number of anilines is 1. The van der Waals surface area contributed by atoms with Gasteiger partial charge in [-0.05, 0) is 60.9 Å². The Bertz CT molecular complexity index is 598. The molecule has 0 N–H and O–H groups in total. The van der Waals surface area contributed by atoms with Crippen LogP contribution < -0.4 is 4.90 Å². The molecule has 0 saturated carbocycles. The molecule has 25 heavy (non-hydrogen) atoms. The van der Waals surface area contributed by atoms with E-state index in [1.54, 1.807) is 0 Å². The van der Waals surface area contributed by atoms with Crippen molar-refractivity contribution in [1.29, 1.82) is 0 Å². The number of hydrogen-bond donors (Lipinski definition) is 0. The molecule has 6 nitrogen and oxygen atoms in total. The van der Waals surface area contributed by atoms with Crippen molar-refractivity contribution in [1.82, 2.24) is 14.9 Å². The molecule has 0 radical (unpaired) electrons. The molecule has 0 bridgehead atoms. The van der Waals surface area contributed by atoms with Crippen molar-refractivity contribution in [2.45, 2.75) is 65.5 Å². The molecule has 6 heteroatoms. The number of aromatic nitrogens is 2. The first-order valence-electron chi connectivity index (χ1n) is 9.13. The number of aryl methyl sites for hydroxylation is 2. The first-order chi connectivity index (χ1) is 11.7. The highest BCUT2D eigenvalue weighted by Gasteiger charge is 2.25. The van der Waals surface area contributed by atoms with Crippen LogP contribution in [0.3, 0.4) is 0 Å². The maximum absolute atomic E-state index is 12.1. The van der Waals surface area contributed by atoms with Crippen molar-refractivity contribution in [3.8, 4) is 0 Å². The zero-order valence-electron chi connectivity index (χ0n) is 16.5. The van der Waals surface area contributed by atoms with Gasteiger partial charge in [0.25, 0.3) is 0 Å². The van der Waals surface area contributed by atoms with Crippen molar-refractivity contribution >= 4 is 11.8 Å². The van der Waals surface area contributed by atoms with Crippen LogP contribution in [-0.4, -0.2) is 59.2 Å². The Morgan fingerprint density at radius 2 is 2.04 bits per heavy atom. The quantitative estimate of drug-likeness (QED) is 0.780. The number of likely N-dealkylation sites (N-methyl/N-ethyl adjacent to an activating group) is 1. The van der Waals surface area contributed by atoms with Gasteiger partial charge in [0.1, 0.15) is 11.4 Å². The molecule has 2 heterocycles. The van der Waals surface area contributed by atoms with Gasteiger partial charge in [-0.2, -0.15) is 0 Å². The summed E-state index contributed by atoms with van der Waals surface area (Å²) in [7, 11) is 2.02. The minimum absolute atomic E-state index is 0.156. The Morgan fingerprint density at radius 3 is 2.72 bits per heavy atom. The van der Waals surface area contributed by atoms with E-state index in [9.17, 15) is 4.79 Å². The van der Waals surface area contributed by atoms with Gasteiger partial charge < -0.3 is 9.64 Å². The predicted octanol–water partition coefficient (Wildman–Crippen LogP) is 2.73. The van der Waals surface area contributed by atoms with E-state index in [-0.39, 0.29) is 5.97 Å². The van der Waals surface area contributed by atoms with Crippen molar-refractivity contribution in [2.24, 2.45) is 0 Å². The van der Waals surface area contributed by atoms with Crippen LogP contribution in [0.25, 0.3) is 0 Å². The first kappa shape index (κ1) is 19.6. The second-order valence-corrected chi connectivity index (χ2v) is 7.99. The zero-order valence-corrected chi connectivity index (χ0v) is 16.5. The van der Waals surface area contributed by atoms with Crippen LogP contribution in [0.1, 0.15) is 51.4 Å². The van der Waals surface area contributed by atoms with E-state index in [4.69, 9.17) is 4.74 Å². The van der Waals surface area contributed by atoms with Gasteiger partial charge in [-0.1, -0.05) is 0 Å². The van der Waals surface area contributed by atoms with Gasteiger partial charge in [0.2, 0.25) is 0 Å². The Kier molecular flexibility index (Phi) is 6.38. The third-order valence-electron chi connectivity index (χ3n) is 4.47. The molecule has 2 rings (SSSR count). The lowest BCUT2D eigenvalue weighted by atomic mass is 10.1. The summed E-state index contributed by atoms with van der Waals surface area (Å²) in [6, 6.07) is 0.385. The third kappa shape index (κ3) is 5.96. The number of ether oxygens (including phenoxy) is 1. The number of hydrogen-bond acceptors (Lipinski definition) is 6. The topological polar surface area (TPSA) is 58.6 Å². The first-order valence-corrected chi connectivity index (χ1v) is 9.13. The molecule has 1 saturated heterocycles. The fourth-order valence-corrected chi connectivity index (χ4v) is 3.26. The molecular weight excluding hydrogens is 316 g/mol. The Labute approximate surface area is 151 Å². The summed E-state index contributed by atoms with van der Waals surface area (Å²) < 4.78 is 5.44. The monoisotopic (exact) mass is 348 g/mol. The fourth-order valence-electron chi connectivity index (χ4n) is 3.26. The minimum atomic E-state index is -0.431. The second kappa shape index (κ2) is 8.13. The van der Waals surface area contributed by atoms with Gasteiger partial charge >= 0.3 is 5.97 Å². The fraction of sp³-hybridized carbons (Fsp3) is 0.737. The second-order valence-electron chi connectivity index (χ2n) is 7.99. The van der Waals surface area contributed by atoms with Crippen LogP contribution in [0.15, 0.2) is 6.20 Å². The molecule has 0 amide bonds. The minimum Gasteiger partial charge on any atom is -0.459 e. The summed E-state index contributed by atoms with van der Waals surface area (Å²) in [4.78, 5) is 25.6. The van der Waals surface area contributed by atoms with Gasteiger partial charge in [-0.15, -0.1) is 0 Å². The zero-order chi connectivity index (χ0) is 18.6. The lowest BCUT2D eigenvalue weighted by Crippen LogP contribution is -2.39. The lowest BCUT2D eigenvalue weighted by Gasteiger charge is -2.28. The van der Waals surface area contributed by atoms with Crippen LogP contribution in [0.4, 0.5) is 5.82 Å². The normalized spacial score (nSPS) is 19.0. The molecule has 1 atom stereocenters. The number of carbonyl (C=O) groups excluding carboxylic acids is 1. The maximum Gasteiger partial charge on any atom is 0.320 e. The van der Waals surface area contributed by atoms with Gasteiger partial charge in [0, 0.05) is 25.3 Å². The number of nitrogens with zero attached hydrogens (tertiary/aromatic N) is 4. The molecule has 0 aromatic carbocycles. The number of esters is 1. The van der Waals surface area contributed by atoms with Crippen LogP contribution in [0.2, 0.25) is 0 Å². The highest BCUT2D eigenvalue weighted by atomic mass is 16.6. The van der Waals surface area contributed by atoms with Crippen LogP contribution in [0.5, 0.6) is 0 Å². The van der Waals surface area contributed by atoms with Crippen molar-refractivity contribution in [2.75, 3.05) is 31.6 Å². The number of carbonyl (C=O) groups is 1. The standard InChI is InChI=1S/C19H32N4O2/c1-14-12-20-15(2)18(21-14)23-10-7-8-16(9-11-23)22(6)13-17(24)25-19(3,4)5/h12,16H,7-11,13H2,1-6H3/t16-/m1/s1. The molecule has 140 valence electrons. The highest BCUT2D eigenvalue weighted by Crippen LogP contribution is 2.22. The smallest absolute Gasteiger partial charge is 0.320 e. The Balaban J connectivity index is 1.94. The van der Waals surface area contributed by atoms with E-state index in [0.29, 0.717) is 12.6 Å². The molecule has 1 aromatic heterocycles. The highest BCUT2D eigenvalue weighted by molar-refractivity contribution is 5.72. The summed E-state index contributed by atoms with van der Waals surface area (Å²) in [5, 5.41) is 0. The molecule has 1 aliphatic heterocycles. The van der Waals surface area contributed by atoms with Crippen LogP contribution >= 0.6 is 0 Å². The average molecular weight is 348 g/mol. The molecular formula is C19H32N4O2. The van der Waals surface area contributed by atoms with E-state index < -0.39 is 5.60 Å². The summed E-state index contributed by atoms with van der Waals surface area (Å²) in [5.41, 5.74) is 1.49. The Hall–Kier alpha value is -1.69. The average Bonchev–Trinajstić information content (AvgIpc) is 2.73. The van der Waals surface area contributed by atoms with E-state index in [0.717, 1.165) is 49.6 Å². The largest absolute Gasteiger partial charge is 0.459 e. The van der Waals surface area contributed by atoms with Crippen molar-refractivity contribution in [3.05, 3.63) is 17.6 Å². The summed E-state index contributed by atoms with van der Waals surface area (Å²) in [6.07, 6.45) is 4.98. The SMILES string of the molecule is Cc1cnc(C)c(N2CCC[C@@H](N(C)CC(=O)OC(C)(C)C)CC2)n1. The van der Waals surface area contributed by atoms with E-state index >= 15 is 0 Å². The lowest BCUT2D eigenvalue weighted by molar-refractivity contribution is -0.156. The summed E-state index contributed by atoms with van der Waals surface area (Å²) in [5.74, 6) is 0.840. The summed E-state index contributed by atoms with van der Waals surface area (Å²) in [6.45, 7) is 12.0. The van der Waals surface area contributed by atoms with Gasteiger partial charge in [0.15, 0.2) is 0 Å². The van der Waals surface area contributed by atoms with Gasteiger partial charge in [-0.25, -0.2) is 4.98 Å². The van der Waals surface area contributed by atoms with Crippen LogP contribution in [0, 0.1) is 13.8 Å².